The maximum atomic E-state index is 13.4. The number of carbonyl (C=O) groups excluding carboxylic acids is 7. The number of nitrogens with one attached hydrogen (secondary N) is 4. The smallest absolute Gasteiger partial charge is 0.312 e. The van der Waals surface area contributed by atoms with Crippen LogP contribution in [0.5, 0.6) is 0 Å². The molecular weight excluding hydrogens is 723 g/mol. The summed E-state index contributed by atoms with van der Waals surface area (Å²) in [4.78, 5) is 87.5. The van der Waals surface area contributed by atoms with E-state index in [9.17, 15) is 33.6 Å². The number of esters is 1. The van der Waals surface area contributed by atoms with Gasteiger partial charge in [-0.25, -0.2) is 4.79 Å². The summed E-state index contributed by atoms with van der Waals surface area (Å²) in [7, 11) is 0. The van der Waals surface area contributed by atoms with Crippen LogP contribution in [0.3, 0.4) is 0 Å². The number of urea groups is 1. The van der Waals surface area contributed by atoms with Crippen molar-refractivity contribution < 1.29 is 38.3 Å². The first kappa shape index (κ1) is 39.4. The standard InChI is InChI=1S/C32H47IN6O8/c1-19(2)27(38-25(40)10-6-5-7-16-39-26(41)17-23(33)30(39)44)29(43)37-24(9-8-15-35-32(34)46)28(42)36-22-13-11-21(12-14-22)18-47-31(45)20(3)4/h11-14,19-20,23-24,27H,5-10,15-18H2,1-4H3,(H,36,42)(H,37,43)(H,38,40)(H3,34,35,46)/t23?,24-,27-/m0/s1. The van der Waals surface area contributed by atoms with Gasteiger partial charge in [0.15, 0.2) is 0 Å². The van der Waals surface area contributed by atoms with Crippen LogP contribution in [-0.2, 0) is 40.1 Å². The summed E-state index contributed by atoms with van der Waals surface area (Å²) in [5.74, 6) is -2.54. The van der Waals surface area contributed by atoms with Crippen molar-refractivity contribution in [2.45, 2.75) is 95.3 Å². The fourth-order valence-electron chi connectivity index (χ4n) is 4.67. The number of carbonyl (C=O) groups is 7. The summed E-state index contributed by atoms with van der Waals surface area (Å²) >= 11 is 1.97. The van der Waals surface area contributed by atoms with Crippen LogP contribution in [0.25, 0.3) is 0 Å². The van der Waals surface area contributed by atoms with Gasteiger partial charge in [0.2, 0.25) is 29.5 Å². The Bertz CT molecular complexity index is 1270. The third-order valence-electron chi connectivity index (χ3n) is 7.42. The van der Waals surface area contributed by atoms with Gasteiger partial charge in [0.05, 0.1) is 9.84 Å². The van der Waals surface area contributed by atoms with Crippen LogP contribution < -0.4 is 27.0 Å². The van der Waals surface area contributed by atoms with Crippen LogP contribution in [0, 0.1) is 11.8 Å². The molecule has 2 rings (SSSR count). The van der Waals surface area contributed by atoms with E-state index in [4.69, 9.17) is 10.5 Å². The van der Waals surface area contributed by atoms with Crippen molar-refractivity contribution in [3.63, 3.8) is 0 Å². The van der Waals surface area contributed by atoms with E-state index in [0.29, 0.717) is 37.9 Å². The highest BCUT2D eigenvalue weighted by molar-refractivity contribution is 14.1. The molecule has 47 heavy (non-hydrogen) atoms. The first-order valence-corrected chi connectivity index (χ1v) is 17.1. The molecule has 1 aliphatic heterocycles. The summed E-state index contributed by atoms with van der Waals surface area (Å²) in [6.45, 7) is 7.66. The predicted octanol–water partition coefficient (Wildman–Crippen LogP) is 2.52. The summed E-state index contributed by atoms with van der Waals surface area (Å²) in [6.07, 6.45) is 2.62. The van der Waals surface area contributed by atoms with E-state index in [1.54, 1.807) is 52.0 Å². The van der Waals surface area contributed by atoms with E-state index >= 15 is 0 Å². The molecule has 1 saturated heterocycles. The SMILES string of the molecule is CC(C)C(=O)OCc1ccc(NC(=O)[C@H](CCCNC(N)=O)NC(=O)[C@@H](NC(=O)CCCCCN2C(=O)CC(I)C2=O)C(C)C)cc1. The number of ether oxygens (including phenoxy) is 1. The zero-order chi connectivity index (χ0) is 35.1. The highest BCUT2D eigenvalue weighted by Gasteiger charge is 2.36. The number of hydrogen-bond acceptors (Lipinski definition) is 8. The first-order valence-electron chi connectivity index (χ1n) is 15.9. The monoisotopic (exact) mass is 770 g/mol. The number of unbranched alkanes of at least 4 members (excludes halogenated alkanes) is 2. The Labute approximate surface area is 289 Å². The second-order valence-electron chi connectivity index (χ2n) is 12.1. The molecule has 1 unspecified atom stereocenters. The molecule has 15 heteroatoms. The van der Waals surface area contributed by atoms with Crippen molar-refractivity contribution >= 4 is 69.8 Å². The minimum atomic E-state index is -0.986. The molecule has 1 fully saturated rings. The lowest BCUT2D eigenvalue weighted by Crippen LogP contribution is -2.54. The van der Waals surface area contributed by atoms with Gasteiger partial charge >= 0.3 is 12.0 Å². The molecular formula is C32H47IN6O8. The van der Waals surface area contributed by atoms with Crippen molar-refractivity contribution in [2.24, 2.45) is 17.6 Å². The Morgan fingerprint density at radius 3 is 2.21 bits per heavy atom. The van der Waals surface area contributed by atoms with E-state index in [-0.39, 0.29) is 71.9 Å². The fourth-order valence-corrected chi connectivity index (χ4v) is 5.39. The van der Waals surface area contributed by atoms with E-state index in [0.717, 1.165) is 5.56 Å². The van der Waals surface area contributed by atoms with Gasteiger partial charge in [-0.15, -0.1) is 0 Å². The number of hydrogen-bond donors (Lipinski definition) is 5. The minimum Gasteiger partial charge on any atom is -0.461 e. The zero-order valence-electron chi connectivity index (χ0n) is 27.4. The molecule has 1 heterocycles. The number of amides is 7. The summed E-state index contributed by atoms with van der Waals surface area (Å²) in [5, 5.41) is 10.8. The van der Waals surface area contributed by atoms with E-state index < -0.39 is 29.9 Å². The number of imide groups is 1. The molecule has 1 aliphatic rings. The molecule has 1 aromatic rings. The van der Waals surface area contributed by atoms with E-state index in [2.05, 4.69) is 21.3 Å². The number of anilines is 1. The largest absolute Gasteiger partial charge is 0.461 e. The molecule has 0 radical (unpaired) electrons. The molecule has 0 aliphatic carbocycles. The van der Waals surface area contributed by atoms with Crippen molar-refractivity contribution in [1.29, 1.82) is 0 Å². The van der Waals surface area contributed by atoms with Crippen LogP contribution >= 0.6 is 22.6 Å². The van der Waals surface area contributed by atoms with Crippen molar-refractivity contribution in [2.75, 3.05) is 18.4 Å². The lowest BCUT2D eigenvalue weighted by atomic mass is 10.0. The third kappa shape index (κ3) is 13.9. The van der Waals surface area contributed by atoms with Crippen LogP contribution in [0.2, 0.25) is 0 Å². The van der Waals surface area contributed by atoms with Crippen LogP contribution in [0.4, 0.5) is 10.5 Å². The number of primary amides is 1. The molecule has 0 spiro atoms. The molecule has 14 nitrogen and oxygen atoms in total. The van der Waals surface area contributed by atoms with Crippen molar-refractivity contribution in [3.8, 4) is 0 Å². The van der Waals surface area contributed by atoms with Crippen LogP contribution in [0.15, 0.2) is 24.3 Å². The Hall–Kier alpha value is -3.76. The molecule has 0 aromatic heterocycles. The quantitative estimate of drug-likeness (QED) is 0.0464. The van der Waals surface area contributed by atoms with Gasteiger partial charge in [-0.05, 0) is 49.3 Å². The summed E-state index contributed by atoms with van der Waals surface area (Å²) < 4.78 is 4.91. The lowest BCUT2D eigenvalue weighted by molar-refractivity contribution is -0.148. The molecule has 0 saturated carbocycles. The summed E-state index contributed by atoms with van der Waals surface area (Å²) in [6, 6.07) is 4.14. The van der Waals surface area contributed by atoms with E-state index in [1.807, 2.05) is 22.6 Å². The Balaban J connectivity index is 1.94. The predicted molar refractivity (Wildman–Crippen MR) is 183 cm³/mol. The maximum absolute atomic E-state index is 13.4. The average molecular weight is 771 g/mol. The van der Waals surface area contributed by atoms with E-state index in [1.165, 1.54) is 4.90 Å². The number of likely N-dealkylation sites (tertiary alicyclic amines) is 1. The number of nitrogens with two attached hydrogens (primary N) is 1. The Morgan fingerprint density at radius 1 is 0.957 bits per heavy atom. The lowest BCUT2D eigenvalue weighted by Gasteiger charge is -2.25. The van der Waals surface area contributed by atoms with Crippen molar-refractivity contribution in [1.82, 2.24) is 20.9 Å². The van der Waals surface area contributed by atoms with Gasteiger partial charge in [-0.2, -0.15) is 0 Å². The normalized spacial score (nSPS) is 15.7. The second-order valence-corrected chi connectivity index (χ2v) is 13.6. The highest BCUT2D eigenvalue weighted by atomic mass is 127. The van der Waals surface area contributed by atoms with Gasteiger partial charge in [0, 0.05) is 31.6 Å². The Morgan fingerprint density at radius 2 is 1.64 bits per heavy atom. The van der Waals surface area contributed by atoms with Crippen LogP contribution in [0.1, 0.15) is 78.2 Å². The summed E-state index contributed by atoms with van der Waals surface area (Å²) in [5.41, 5.74) is 6.34. The molecule has 3 atom stereocenters. The molecule has 0 bridgehead atoms. The van der Waals surface area contributed by atoms with Crippen LogP contribution in [-0.4, -0.2) is 75.5 Å². The minimum absolute atomic E-state index is 0.0960. The number of nitrogens with zero attached hydrogens (tertiary/aromatic N) is 1. The number of benzene rings is 1. The average Bonchev–Trinajstić information content (AvgIpc) is 3.25. The molecule has 1 aromatic carbocycles. The fraction of sp³-hybridized carbons (Fsp3) is 0.594. The number of rotatable bonds is 19. The topological polar surface area (TPSA) is 206 Å². The third-order valence-corrected chi connectivity index (χ3v) is 8.39. The van der Waals surface area contributed by atoms with Gasteiger partial charge in [-0.1, -0.05) is 68.8 Å². The van der Waals surface area contributed by atoms with Gasteiger partial charge in [-0.3, -0.25) is 33.7 Å². The maximum Gasteiger partial charge on any atom is 0.312 e. The molecule has 6 N–H and O–H groups in total. The van der Waals surface area contributed by atoms with Gasteiger partial charge in [0.25, 0.3) is 0 Å². The Kier molecular flexibility index (Phi) is 16.6. The molecule has 7 amide bonds. The first-order chi connectivity index (χ1) is 22.2. The van der Waals surface area contributed by atoms with Crippen molar-refractivity contribution in [3.05, 3.63) is 29.8 Å². The number of halogens is 1. The zero-order valence-corrected chi connectivity index (χ0v) is 29.6. The van der Waals surface area contributed by atoms with Gasteiger partial charge in [0.1, 0.15) is 18.7 Å². The highest BCUT2D eigenvalue weighted by Crippen LogP contribution is 2.21. The molecule has 260 valence electrons. The number of alkyl halides is 1. The van der Waals surface area contributed by atoms with Gasteiger partial charge < -0.3 is 31.7 Å². The second kappa shape index (κ2) is 19.8.